The molecule has 0 spiro atoms. The maximum Gasteiger partial charge on any atom is 0.242 e. The van der Waals surface area contributed by atoms with Gasteiger partial charge in [0.1, 0.15) is 6.04 Å². The molecule has 0 heterocycles. The molecule has 0 radical (unpaired) electrons. The molecule has 0 aliphatic heterocycles. The molecule has 2 amide bonds. The second kappa shape index (κ2) is 11.5. The molecular weight excluding hydrogens is 473 g/mol. The standard InChI is InChI=1S/C22H27Cl2N3O4S/c1-16(22(29)25-2)26(15-17-8-4-5-11-20(17)24)21(28)12-7-13-27(32(3,30)31)19-10-6-9-18(23)14-19/h4-6,8-11,14,16H,7,12-13,15H2,1-3H3,(H,25,29)/t16-/m1/s1. The number of nitrogens with zero attached hydrogens (tertiary/aromatic N) is 2. The smallest absolute Gasteiger partial charge is 0.242 e. The van der Waals surface area contributed by atoms with Crippen LogP contribution in [-0.2, 0) is 26.2 Å². The molecule has 0 saturated heterocycles. The first-order chi connectivity index (χ1) is 15.0. The molecule has 0 aromatic heterocycles. The Morgan fingerprint density at radius 1 is 1.09 bits per heavy atom. The highest BCUT2D eigenvalue weighted by Crippen LogP contribution is 2.23. The zero-order chi connectivity index (χ0) is 23.9. The van der Waals surface area contributed by atoms with Crippen LogP contribution in [0.3, 0.4) is 0 Å². The van der Waals surface area contributed by atoms with Crippen LogP contribution < -0.4 is 9.62 Å². The molecule has 1 atom stereocenters. The van der Waals surface area contributed by atoms with Crippen molar-refractivity contribution in [3.8, 4) is 0 Å². The third kappa shape index (κ3) is 7.12. The van der Waals surface area contributed by atoms with Crippen LogP contribution in [0.2, 0.25) is 10.0 Å². The molecule has 7 nitrogen and oxygen atoms in total. The number of benzene rings is 2. The summed E-state index contributed by atoms with van der Waals surface area (Å²) in [6.45, 7) is 1.90. The number of hydrogen-bond acceptors (Lipinski definition) is 4. The highest BCUT2D eigenvalue weighted by atomic mass is 35.5. The van der Waals surface area contributed by atoms with Gasteiger partial charge in [0.25, 0.3) is 0 Å². The predicted molar refractivity (Wildman–Crippen MR) is 128 cm³/mol. The summed E-state index contributed by atoms with van der Waals surface area (Å²) < 4.78 is 25.8. The van der Waals surface area contributed by atoms with Crippen molar-refractivity contribution in [2.75, 3.05) is 24.2 Å². The normalized spacial score (nSPS) is 12.2. The summed E-state index contributed by atoms with van der Waals surface area (Å²) in [7, 11) is -2.07. The van der Waals surface area contributed by atoms with Crippen molar-refractivity contribution < 1.29 is 18.0 Å². The van der Waals surface area contributed by atoms with Gasteiger partial charge in [0.05, 0.1) is 11.9 Å². The molecule has 2 rings (SSSR count). The minimum atomic E-state index is -3.57. The average Bonchev–Trinajstić information content (AvgIpc) is 2.74. The predicted octanol–water partition coefficient (Wildman–Crippen LogP) is 3.70. The highest BCUT2D eigenvalue weighted by molar-refractivity contribution is 7.92. The van der Waals surface area contributed by atoms with Gasteiger partial charge in [-0.05, 0) is 43.2 Å². The van der Waals surface area contributed by atoms with Crippen molar-refractivity contribution >= 4 is 50.7 Å². The highest BCUT2D eigenvalue weighted by Gasteiger charge is 2.26. The van der Waals surface area contributed by atoms with E-state index >= 15 is 0 Å². The van der Waals surface area contributed by atoms with Crippen molar-refractivity contribution in [1.82, 2.24) is 10.2 Å². The average molecular weight is 500 g/mol. The van der Waals surface area contributed by atoms with E-state index < -0.39 is 16.1 Å². The number of rotatable bonds is 10. The Hall–Kier alpha value is -2.29. The van der Waals surface area contributed by atoms with E-state index in [4.69, 9.17) is 23.2 Å². The molecule has 10 heteroatoms. The van der Waals surface area contributed by atoms with Crippen LogP contribution in [0.4, 0.5) is 5.69 Å². The fourth-order valence-corrected chi connectivity index (χ4v) is 4.57. The van der Waals surface area contributed by atoms with Gasteiger partial charge in [-0.15, -0.1) is 0 Å². The number of nitrogens with one attached hydrogen (secondary N) is 1. The van der Waals surface area contributed by atoms with Crippen molar-refractivity contribution in [2.24, 2.45) is 0 Å². The van der Waals surface area contributed by atoms with Crippen molar-refractivity contribution in [3.05, 3.63) is 64.1 Å². The van der Waals surface area contributed by atoms with E-state index in [1.165, 1.54) is 16.3 Å². The Balaban J connectivity index is 2.15. The van der Waals surface area contributed by atoms with E-state index in [1.54, 1.807) is 49.4 Å². The van der Waals surface area contributed by atoms with Crippen LogP contribution in [0.25, 0.3) is 0 Å². The molecule has 174 valence electrons. The van der Waals surface area contributed by atoms with Gasteiger partial charge in [0.2, 0.25) is 21.8 Å². The minimum absolute atomic E-state index is 0.0539. The fraction of sp³-hybridized carbons (Fsp3) is 0.364. The summed E-state index contributed by atoms with van der Waals surface area (Å²) >= 11 is 12.2. The van der Waals surface area contributed by atoms with E-state index in [2.05, 4.69) is 5.32 Å². The fourth-order valence-electron chi connectivity index (χ4n) is 3.24. The van der Waals surface area contributed by atoms with Gasteiger partial charge in [-0.3, -0.25) is 13.9 Å². The number of sulfonamides is 1. The molecule has 0 aliphatic carbocycles. The van der Waals surface area contributed by atoms with Crippen LogP contribution in [0, 0.1) is 0 Å². The number of carbonyl (C=O) groups excluding carboxylic acids is 2. The van der Waals surface area contributed by atoms with Gasteiger partial charge in [-0.2, -0.15) is 0 Å². The molecule has 0 bridgehead atoms. The zero-order valence-corrected chi connectivity index (χ0v) is 20.5. The van der Waals surface area contributed by atoms with Crippen LogP contribution in [0.15, 0.2) is 48.5 Å². The third-order valence-corrected chi connectivity index (χ3v) is 6.76. The van der Waals surface area contributed by atoms with Crippen molar-refractivity contribution in [3.63, 3.8) is 0 Å². The van der Waals surface area contributed by atoms with E-state index in [0.717, 1.165) is 11.8 Å². The monoisotopic (exact) mass is 499 g/mol. The van der Waals surface area contributed by atoms with E-state index in [9.17, 15) is 18.0 Å². The maximum atomic E-state index is 13.1. The van der Waals surface area contributed by atoms with Gasteiger partial charge in [-0.25, -0.2) is 8.42 Å². The number of anilines is 1. The molecule has 2 aromatic carbocycles. The quantitative estimate of drug-likeness (QED) is 0.539. The van der Waals surface area contributed by atoms with Gasteiger partial charge in [0, 0.05) is 36.6 Å². The zero-order valence-electron chi connectivity index (χ0n) is 18.2. The lowest BCUT2D eigenvalue weighted by molar-refractivity contribution is -0.140. The van der Waals surface area contributed by atoms with Gasteiger partial charge >= 0.3 is 0 Å². The molecular formula is C22H27Cl2N3O4S. The first-order valence-corrected chi connectivity index (χ1v) is 12.6. The Labute approximate surface area is 199 Å². The topological polar surface area (TPSA) is 86.8 Å². The van der Waals surface area contributed by atoms with Crippen molar-refractivity contribution in [2.45, 2.75) is 32.4 Å². The summed E-state index contributed by atoms with van der Waals surface area (Å²) in [5.41, 5.74) is 1.15. The van der Waals surface area contributed by atoms with Crippen LogP contribution in [0.1, 0.15) is 25.3 Å². The number of carbonyl (C=O) groups is 2. The third-order valence-electron chi connectivity index (χ3n) is 4.96. The van der Waals surface area contributed by atoms with E-state index in [-0.39, 0.29) is 37.7 Å². The summed E-state index contributed by atoms with van der Waals surface area (Å²) in [4.78, 5) is 26.7. The number of amides is 2. The molecule has 0 unspecified atom stereocenters. The lowest BCUT2D eigenvalue weighted by atomic mass is 10.1. The Morgan fingerprint density at radius 2 is 1.78 bits per heavy atom. The lowest BCUT2D eigenvalue weighted by Gasteiger charge is -2.29. The first kappa shape index (κ1) is 26.0. The maximum absolute atomic E-state index is 13.1. The molecule has 2 aromatic rings. The first-order valence-electron chi connectivity index (χ1n) is 10.0. The second-order valence-electron chi connectivity index (χ2n) is 7.32. The number of halogens is 2. The van der Waals surface area contributed by atoms with E-state index in [1.807, 2.05) is 6.07 Å². The van der Waals surface area contributed by atoms with Crippen molar-refractivity contribution in [1.29, 1.82) is 0 Å². The van der Waals surface area contributed by atoms with E-state index in [0.29, 0.717) is 15.7 Å². The Morgan fingerprint density at radius 3 is 2.38 bits per heavy atom. The second-order valence-corrected chi connectivity index (χ2v) is 10.1. The Bertz CT molecular complexity index is 1060. The number of hydrogen-bond donors (Lipinski definition) is 1. The van der Waals surface area contributed by atoms with Crippen LogP contribution in [-0.4, -0.2) is 51.0 Å². The largest absolute Gasteiger partial charge is 0.357 e. The summed E-state index contributed by atoms with van der Waals surface area (Å²) in [5.74, 6) is -0.581. The minimum Gasteiger partial charge on any atom is -0.357 e. The molecule has 0 aliphatic rings. The molecule has 1 N–H and O–H groups in total. The van der Waals surface area contributed by atoms with Crippen LogP contribution >= 0.6 is 23.2 Å². The van der Waals surface area contributed by atoms with Gasteiger partial charge < -0.3 is 10.2 Å². The summed E-state index contributed by atoms with van der Waals surface area (Å²) in [5, 5.41) is 3.47. The molecule has 0 saturated carbocycles. The summed E-state index contributed by atoms with van der Waals surface area (Å²) in [6, 6.07) is 12.9. The van der Waals surface area contributed by atoms with Gasteiger partial charge in [0.15, 0.2) is 0 Å². The SMILES string of the molecule is CNC(=O)[C@@H](C)N(Cc1ccccc1Cl)C(=O)CCCN(c1cccc(Cl)c1)S(C)(=O)=O. The Kier molecular flexibility index (Phi) is 9.36. The number of likely N-dealkylation sites (N-methyl/N-ethyl adjacent to an activating group) is 1. The van der Waals surface area contributed by atoms with Crippen LogP contribution in [0.5, 0.6) is 0 Å². The summed E-state index contributed by atoms with van der Waals surface area (Å²) in [6.07, 6.45) is 1.42. The molecule has 32 heavy (non-hydrogen) atoms. The molecule has 0 fully saturated rings. The lowest BCUT2D eigenvalue weighted by Crippen LogP contribution is -2.46. The van der Waals surface area contributed by atoms with Gasteiger partial charge in [-0.1, -0.05) is 47.5 Å².